The molecule has 1 N–H and O–H groups in total. The van der Waals surface area contributed by atoms with Gasteiger partial charge in [0.1, 0.15) is 5.82 Å². The highest BCUT2D eigenvalue weighted by Crippen LogP contribution is 2.63. The molecular weight excluding hydrogens is 213 g/mol. The van der Waals surface area contributed by atoms with Crippen molar-refractivity contribution in [2.24, 2.45) is 10.8 Å². The fourth-order valence-electron chi connectivity index (χ4n) is 2.74. The van der Waals surface area contributed by atoms with Crippen LogP contribution in [0, 0.1) is 16.6 Å². The molecule has 1 unspecified atom stereocenters. The fraction of sp³-hybridized carbons (Fsp3) is 0.600. The van der Waals surface area contributed by atoms with Crippen LogP contribution in [0.3, 0.4) is 0 Å². The van der Waals surface area contributed by atoms with Crippen molar-refractivity contribution in [2.75, 3.05) is 0 Å². The Morgan fingerprint density at radius 3 is 2.24 bits per heavy atom. The van der Waals surface area contributed by atoms with E-state index >= 15 is 0 Å². The average molecular weight is 235 g/mol. The minimum absolute atomic E-state index is 0.162. The second kappa shape index (κ2) is 3.81. The van der Waals surface area contributed by atoms with Gasteiger partial charge < -0.3 is 5.32 Å². The van der Waals surface area contributed by atoms with Gasteiger partial charge in [0.05, 0.1) is 0 Å². The van der Waals surface area contributed by atoms with Crippen molar-refractivity contribution in [2.45, 2.75) is 46.7 Å². The maximum atomic E-state index is 13.2. The summed E-state index contributed by atoms with van der Waals surface area (Å²) in [5, 5.41) is 3.61. The summed E-state index contributed by atoms with van der Waals surface area (Å²) in [5.74, 6) is -0.162. The first kappa shape index (κ1) is 12.6. The van der Waals surface area contributed by atoms with Gasteiger partial charge >= 0.3 is 0 Å². The Bertz CT molecular complexity index is 409. The molecule has 2 heteroatoms. The van der Waals surface area contributed by atoms with E-state index in [0.717, 1.165) is 5.56 Å². The van der Waals surface area contributed by atoms with Crippen LogP contribution in [-0.2, 0) is 0 Å². The van der Waals surface area contributed by atoms with Crippen LogP contribution < -0.4 is 5.32 Å². The Hall–Kier alpha value is -0.890. The quantitative estimate of drug-likeness (QED) is 0.837. The second-order valence-corrected chi connectivity index (χ2v) is 6.32. The smallest absolute Gasteiger partial charge is 0.123 e. The number of nitrogens with one attached hydrogen (secondary N) is 1. The molecular formula is C15H22FN. The molecule has 1 fully saturated rings. The normalized spacial score (nSPS) is 23.4. The standard InChI is InChI=1S/C15H22FN/c1-10(11-7-6-8-12(16)9-11)17-13-14(2,3)15(13,4)5/h6-10,13,17H,1-5H3. The maximum Gasteiger partial charge on any atom is 0.123 e. The van der Waals surface area contributed by atoms with Crippen LogP contribution in [0.1, 0.15) is 46.2 Å². The summed E-state index contributed by atoms with van der Waals surface area (Å²) in [6.45, 7) is 11.2. The van der Waals surface area contributed by atoms with Gasteiger partial charge in [-0.2, -0.15) is 0 Å². The summed E-state index contributed by atoms with van der Waals surface area (Å²) < 4.78 is 13.2. The molecule has 17 heavy (non-hydrogen) atoms. The molecule has 2 rings (SSSR count). The predicted molar refractivity (Wildman–Crippen MR) is 69.3 cm³/mol. The molecule has 0 bridgehead atoms. The summed E-state index contributed by atoms with van der Waals surface area (Å²) in [6.07, 6.45) is 0. The van der Waals surface area contributed by atoms with Crippen molar-refractivity contribution >= 4 is 0 Å². The molecule has 1 nitrogen and oxygen atoms in total. The molecule has 0 aliphatic heterocycles. The van der Waals surface area contributed by atoms with Gasteiger partial charge in [-0.05, 0) is 35.4 Å². The third kappa shape index (κ3) is 1.99. The number of benzene rings is 1. The van der Waals surface area contributed by atoms with Crippen LogP contribution >= 0.6 is 0 Å². The summed E-state index contributed by atoms with van der Waals surface area (Å²) in [7, 11) is 0. The first-order chi connectivity index (χ1) is 7.76. The van der Waals surface area contributed by atoms with Crippen LogP contribution in [0.5, 0.6) is 0 Å². The first-order valence-electron chi connectivity index (χ1n) is 6.28. The van der Waals surface area contributed by atoms with Crippen LogP contribution in [0.15, 0.2) is 24.3 Å². The molecule has 0 radical (unpaired) electrons. The Morgan fingerprint density at radius 1 is 1.18 bits per heavy atom. The van der Waals surface area contributed by atoms with Crippen LogP contribution in [0.4, 0.5) is 4.39 Å². The Kier molecular flexibility index (Phi) is 2.81. The van der Waals surface area contributed by atoms with E-state index in [1.807, 2.05) is 6.07 Å². The predicted octanol–water partition coefficient (Wildman–Crippen LogP) is 3.91. The highest BCUT2D eigenvalue weighted by Gasteiger charge is 2.64. The molecule has 1 aliphatic carbocycles. The summed E-state index contributed by atoms with van der Waals surface area (Å²) in [6, 6.07) is 7.53. The van der Waals surface area contributed by atoms with Crippen LogP contribution in [0.2, 0.25) is 0 Å². The van der Waals surface area contributed by atoms with Gasteiger partial charge in [-0.3, -0.25) is 0 Å². The molecule has 1 aromatic carbocycles. The van der Waals surface area contributed by atoms with Gasteiger partial charge in [-0.15, -0.1) is 0 Å². The van der Waals surface area contributed by atoms with Crippen molar-refractivity contribution in [1.82, 2.24) is 5.32 Å². The largest absolute Gasteiger partial charge is 0.306 e. The lowest BCUT2D eigenvalue weighted by Gasteiger charge is -2.16. The summed E-state index contributed by atoms with van der Waals surface area (Å²) >= 11 is 0. The molecule has 0 aromatic heterocycles. The minimum Gasteiger partial charge on any atom is -0.306 e. The third-order valence-electron chi connectivity index (χ3n) is 4.79. The SMILES string of the molecule is CC(NC1C(C)(C)C1(C)C)c1cccc(F)c1. The average Bonchev–Trinajstić information content (AvgIpc) is 2.61. The molecule has 94 valence electrons. The minimum atomic E-state index is -0.162. The molecule has 1 aromatic rings. The monoisotopic (exact) mass is 235 g/mol. The number of hydrogen-bond acceptors (Lipinski definition) is 1. The van der Waals surface area contributed by atoms with E-state index in [2.05, 4.69) is 39.9 Å². The number of rotatable bonds is 3. The number of halogens is 1. The molecule has 1 atom stereocenters. The van der Waals surface area contributed by atoms with Crippen molar-refractivity contribution in [3.63, 3.8) is 0 Å². The van der Waals surface area contributed by atoms with Crippen molar-refractivity contribution in [3.8, 4) is 0 Å². The van der Waals surface area contributed by atoms with Crippen LogP contribution in [0.25, 0.3) is 0 Å². The van der Waals surface area contributed by atoms with Gasteiger partial charge in [0.15, 0.2) is 0 Å². The van der Waals surface area contributed by atoms with Crippen molar-refractivity contribution < 1.29 is 4.39 Å². The van der Waals surface area contributed by atoms with E-state index in [0.29, 0.717) is 16.9 Å². The van der Waals surface area contributed by atoms with Crippen molar-refractivity contribution in [1.29, 1.82) is 0 Å². The molecule has 0 spiro atoms. The lowest BCUT2D eigenvalue weighted by molar-refractivity contribution is 0.457. The zero-order chi connectivity index (χ0) is 12.8. The van der Waals surface area contributed by atoms with E-state index in [1.165, 1.54) is 6.07 Å². The zero-order valence-corrected chi connectivity index (χ0v) is 11.3. The topological polar surface area (TPSA) is 12.0 Å². The van der Waals surface area contributed by atoms with E-state index < -0.39 is 0 Å². The van der Waals surface area contributed by atoms with Crippen molar-refractivity contribution in [3.05, 3.63) is 35.6 Å². The molecule has 0 amide bonds. The summed E-state index contributed by atoms with van der Waals surface area (Å²) in [4.78, 5) is 0. The molecule has 0 saturated heterocycles. The van der Waals surface area contributed by atoms with E-state index in [4.69, 9.17) is 0 Å². The molecule has 1 saturated carbocycles. The van der Waals surface area contributed by atoms with E-state index in [1.54, 1.807) is 12.1 Å². The van der Waals surface area contributed by atoms with Gasteiger partial charge in [-0.1, -0.05) is 39.8 Å². The zero-order valence-electron chi connectivity index (χ0n) is 11.3. The Balaban J connectivity index is 2.07. The fourth-order valence-corrected chi connectivity index (χ4v) is 2.74. The van der Waals surface area contributed by atoms with Gasteiger partial charge in [0.2, 0.25) is 0 Å². The second-order valence-electron chi connectivity index (χ2n) is 6.32. The summed E-state index contributed by atoms with van der Waals surface area (Å²) in [5.41, 5.74) is 1.65. The Morgan fingerprint density at radius 2 is 1.76 bits per heavy atom. The van der Waals surface area contributed by atoms with Gasteiger partial charge in [-0.25, -0.2) is 4.39 Å². The lowest BCUT2D eigenvalue weighted by Crippen LogP contribution is -2.25. The lowest BCUT2D eigenvalue weighted by atomic mass is 10.0. The third-order valence-corrected chi connectivity index (χ3v) is 4.79. The van der Waals surface area contributed by atoms with Gasteiger partial charge in [0, 0.05) is 12.1 Å². The maximum absolute atomic E-state index is 13.2. The molecule has 1 aliphatic rings. The first-order valence-corrected chi connectivity index (χ1v) is 6.28. The highest BCUT2D eigenvalue weighted by atomic mass is 19.1. The highest BCUT2D eigenvalue weighted by molar-refractivity contribution is 5.23. The number of hydrogen-bond donors (Lipinski definition) is 1. The van der Waals surface area contributed by atoms with Crippen LogP contribution in [-0.4, -0.2) is 6.04 Å². The van der Waals surface area contributed by atoms with E-state index in [-0.39, 0.29) is 11.9 Å². The van der Waals surface area contributed by atoms with Gasteiger partial charge in [0.25, 0.3) is 0 Å². The Labute approximate surface area is 103 Å². The van der Waals surface area contributed by atoms with E-state index in [9.17, 15) is 4.39 Å². The molecule has 0 heterocycles.